The van der Waals surface area contributed by atoms with Crippen molar-refractivity contribution in [1.29, 1.82) is 0 Å². The van der Waals surface area contributed by atoms with E-state index >= 15 is 0 Å². The van der Waals surface area contributed by atoms with Crippen LogP contribution in [0, 0.1) is 0 Å². The van der Waals surface area contributed by atoms with Crippen LogP contribution in [0.25, 0.3) is 0 Å². The maximum atomic E-state index is 11.9. The molecule has 0 N–H and O–H groups in total. The first-order valence-corrected chi connectivity index (χ1v) is 6.31. The predicted molar refractivity (Wildman–Crippen MR) is 74.6 cm³/mol. The van der Waals surface area contributed by atoms with Crippen LogP contribution in [0.15, 0.2) is 18.2 Å². The average molecular weight is 280 g/mol. The summed E-state index contributed by atoms with van der Waals surface area (Å²) in [6, 6.07) is 5.31. The summed E-state index contributed by atoms with van der Waals surface area (Å²) in [6.07, 6.45) is 0.0284. The van der Waals surface area contributed by atoms with Gasteiger partial charge in [-0.3, -0.25) is 9.69 Å². The molecule has 0 saturated heterocycles. The number of carbonyl (C=O) groups excluding carboxylic acids is 2. The molecule has 0 spiro atoms. The summed E-state index contributed by atoms with van der Waals surface area (Å²) in [5.74, 6) is 0.489. The molecule has 20 heavy (non-hydrogen) atoms. The van der Waals surface area contributed by atoms with Crippen molar-refractivity contribution in [2.24, 2.45) is 0 Å². The Hall–Kier alpha value is -2.11. The van der Waals surface area contributed by atoms with E-state index < -0.39 is 11.7 Å². The SMILES string of the molecule is CN(C(=O)OC(C)(C)C)c1cccc(CCOC=O)n1. The van der Waals surface area contributed by atoms with Crippen LogP contribution in [0.1, 0.15) is 26.5 Å². The van der Waals surface area contributed by atoms with Crippen molar-refractivity contribution >= 4 is 18.4 Å². The van der Waals surface area contributed by atoms with E-state index in [1.165, 1.54) is 4.90 Å². The first-order chi connectivity index (χ1) is 9.33. The van der Waals surface area contributed by atoms with E-state index in [1.807, 2.05) is 0 Å². The molecule has 6 heteroatoms. The maximum Gasteiger partial charge on any atom is 0.415 e. The van der Waals surface area contributed by atoms with Gasteiger partial charge in [0, 0.05) is 19.2 Å². The number of rotatable bonds is 5. The molecule has 6 nitrogen and oxygen atoms in total. The molecular formula is C14H20N2O4. The Kier molecular flexibility index (Phi) is 5.49. The van der Waals surface area contributed by atoms with Gasteiger partial charge in [-0.2, -0.15) is 0 Å². The van der Waals surface area contributed by atoms with Crippen LogP contribution < -0.4 is 4.90 Å². The third-order valence-electron chi connectivity index (χ3n) is 2.35. The zero-order chi connectivity index (χ0) is 15.2. The number of carbonyl (C=O) groups is 2. The lowest BCUT2D eigenvalue weighted by atomic mass is 10.2. The second-order valence-electron chi connectivity index (χ2n) is 5.24. The molecule has 1 aromatic rings. The molecule has 0 atom stereocenters. The fraction of sp³-hybridized carbons (Fsp3) is 0.500. The van der Waals surface area contributed by atoms with E-state index in [9.17, 15) is 9.59 Å². The third kappa shape index (κ3) is 5.26. The van der Waals surface area contributed by atoms with Gasteiger partial charge in [-0.05, 0) is 32.9 Å². The average Bonchev–Trinajstić information content (AvgIpc) is 2.36. The number of pyridine rings is 1. The largest absolute Gasteiger partial charge is 0.467 e. The van der Waals surface area contributed by atoms with Gasteiger partial charge in [0.2, 0.25) is 0 Å². The summed E-state index contributed by atoms with van der Waals surface area (Å²) in [5.41, 5.74) is 0.181. The van der Waals surface area contributed by atoms with E-state index in [4.69, 9.17) is 4.74 Å². The molecule has 0 aliphatic carbocycles. The van der Waals surface area contributed by atoms with Crippen molar-refractivity contribution in [3.8, 4) is 0 Å². The third-order valence-corrected chi connectivity index (χ3v) is 2.35. The standard InChI is InChI=1S/C14H20N2O4/c1-14(2,3)20-13(18)16(4)12-7-5-6-11(15-12)8-9-19-10-17/h5-7,10H,8-9H2,1-4H3. The van der Waals surface area contributed by atoms with Gasteiger partial charge in [-0.1, -0.05) is 6.07 Å². The van der Waals surface area contributed by atoms with Gasteiger partial charge in [-0.15, -0.1) is 0 Å². The highest BCUT2D eigenvalue weighted by molar-refractivity contribution is 5.85. The van der Waals surface area contributed by atoms with Crippen LogP contribution in [-0.4, -0.2) is 36.8 Å². The minimum atomic E-state index is -0.555. The van der Waals surface area contributed by atoms with Gasteiger partial charge in [0.1, 0.15) is 11.4 Å². The Labute approximate surface area is 118 Å². The van der Waals surface area contributed by atoms with Gasteiger partial charge in [0.05, 0.1) is 6.61 Å². The number of aromatic nitrogens is 1. The molecule has 0 saturated carbocycles. The molecule has 110 valence electrons. The minimum absolute atomic E-state index is 0.260. The number of amides is 1. The smallest absolute Gasteiger partial charge is 0.415 e. The maximum absolute atomic E-state index is 11.9. The normalized spacial score (nSPS) is 10.8. The number of hydrogen-bond donors (Lipinski definition) is 0. The van der Waals surface area contributed by atoms with Crippen molar-refractivity contribution in [1.82, 2.24) is 4.98 Å². The van der Waals surface area contributed by atoms with Gasteiger partial charge >= 0.3 is 6.09 Å². The van der Waals surface area contributed by atoms with Gasteiger partial charge < -0.3 is 9.47 Å². The first kappa shape index (κ1) is 15.9. The molecule has 1 heterocycles. The molecule has 0 aliphatic heterocycles. The van der Waals surface area contributed by atoms with Crippen LogP contribution >= 0.6 is 0 Å². The topological polar surface area (TPSA) is 68.7 Å². The molecule has 0 fully saturated rings. The second kappa shape index (κ2) is 6.88. The van der Waals surface area contributed by atoms with Crippen LogP contribution in [0.2, 0.25) is 0 Å². The molecule has 0 radical (unpaired) electrons. The van der Waals surface area contributed by atoms with Crippen LogP contribution in [0.3, 0.4) is 0 Å². The minimum Gasteiger partial charge on any atom is -0.467 e. The van der Waals surface area contributed by atoms with Crippen LogP contribution in [0.5, 0.6) is 0 Å². The van der Waals surface area contributed by atoms with Crippen molar-refractivity contribution in [2.75, 3.05) is 18.6 Å². The monoisotopic (exact) mass is 280 g/mol. The highest BCUT2D eigenvalue weighted by Crippen LogP contribution is 2.15. The van der Waals surface area contributed by atoms with Crippen molar-refractivity contribution in [3.63, 3.8) is 0 Å². The Balaban J connectivity index is 2.72. The molecular weight excluding hydrogens is 260 g/mol. The fourth-order valence-electron chi connectivity index (χ4n) is 1.43. The number of ether oxygens (including phenoxy) is 2. The van der Waals surface area contributed by atoms with Crippen LogP contribution in [-0.2, 0) is 20.7 Å². The van der Waals surface area contributed by atoms with Crippen LogP contribution in [0.4, 0.5) is 10.6 Å². The van der Waals surface area contributed by atoms with Gasteiger partial charge in [0.25, 0.3) is 6.47 Å². The molecule has 1 aromatic heterocycles. The molecule has 1 amide bonds. The lowest BCUT2D eigenvalue weighted by molar-refractivity contribution is -0.128. The molecule has 0 unspecified atom stereocenters. The quantitative estimate of drug-likeness (QED) is 0.610. The summed E-state index contributed by atoms with van der Waals surface area (Å²) in [7, 11) is 1.60. The highest BCUT2D eigenvalue weighted by Gasteiger charge is 2.21. The molecule has 0 bridgehead atoms. The zero-order valence-electron chi connectivity index (χ0n) is 12.3. The Morgan fingerprint density at radius 2 is 2.10 bits per heavy atom. The summed E-state index contributed by atoms with van der Waals surface area (Å²) >= 11 is 0. The summed E-state index contributed by atoms with van der Waals surface area (Å²) in [5, 5.41) is 0. The zero-order valence-corrected chi connectivity index (χ0v) is 12.3. The van der Waals surface area contributed by atoms with Crippen molar-refractivity contribution in [3.05, 3.63) is 23.9 Å². The van der Waals surface area contributed by atoms with Gasteiger partial charge in [0.15, 0.2) is 0 Å². The van der Waals surface area contributed by atoms with E-state index in [0.717, 1.165) is 5.69 Å². The lowest BCUT2D eigenvalue weighted by Gasteiger charge is -2.24. The molecule has 0 aromatic carbocycles. The molecule has 0 aliphatic rings. The Morgan fingerprint density at radius 1 is 1.40 bits per heavy atom. The Bertz CT molecular complexity index is 468. The van der Waals surface area contributed by atoms with E-state index in [0.29, 0.717) is 18.7 Å². The Morgan fingerprint density at radius 3 is 2.70 bits per heavy atom. The fourth-order valence-corrected chi connectivity index (χ4v) is 1.43. The van der Waals surface area contributed by atoms with E-state index in [1.54, 1.807) is 46.0 Å². The number of nitrogens with zero attached hydrogens (tertiary/aromatic N) is 2. The second-order valence-corrected chi connectivity index (χ2v) is 5.24. The lowest BCUT2D eigenvalue weighted by Crippen LogP contribution is -2.34. The predicted octanol–water partition coefficient (Wildman–Crippen LogP) is 2.17. The number of hydrogen-bond acceptors (Lipinski definition) is 5. The highest BCUT2D eigenvalue weighted by atomic mass is 16.6. The summed E-state index contributed by atoms with van der Waals surface area (Å²) in [6.45, 7) is 6.07. The summed E-state index contributed by atoms with van der Waals surface area (Å²) < 4.78 is 9.89. The van der Waals surface area contributed by atoms with E-state index in [2.05, 4.69) is 9.72 Å². The van der Waals surface area contributed by atoms with Crippen molar-refractivity contribution < 1.29 is 19.1 Å². The van der Waals surface area contributed by atoms with E-state index in [-0.39, 0.29) is 6.61 Å². The first-order valence-electron chi connectivity index (χ1n) is 6.31. The molecule has 1 rings (SSSR count). The van der Waals surface area contributed by atoms with Gasteiger partial charge in [-0.25, -0.2) is 9.78 Å². The summed E-state index contributed by atoms with van der Waals surface area (Å²) in [4.78, 5) is 27.7. The number of anilines is 1. The van der Waals surface area contributed by atoms with Crippen molar-refractivity contribution in [2.45, 2.75) is 32.8 Å².